The molecular formula is C21H24N4O3. The van der Waals surface area contributed by atoms with Gasteiger partial charge in [0, 0.05) is 30.5 Å². The Morgan fingerprint density at radius 2 is 1.39 bits per heavy atom. The highest BCUT2D eigenvalue weighted by Gasteiger charge is 2.34. The summed E-state index contributed by atoms with van der Waals surface area (Å²) in [6.07, 6.45) is 1.40. The molecule has 2 aromatic carbocycles. The van der Waals surface area contributed by atoms with Crippen LogP contribution in [0.25, 0.3) is 0 Å². The highest BCUT2D eigenvalue weighted by atomic mass is 16.2. The summed E-state index contributed by atoms with van der Waals surface area (Å²) < 4.78 is 0. The molecule has 1 atom stereocenters. The fraction of sp³-hybridized carbons (Fsp3) is 0.286. The van der Waals surface area contributed by atoms with Crippen molar-refractivity contribution < 1.29 is 14.4 Å². The summed E-state index contributed by atoms with van der Waals surface area (Å²) in [5.41, 5.74) is 3.09. The van der Waals surface area contributed by atoms with Gasteiger partial charge in [0.15, 0.2) is 0 Å². The highest BCUT2D eigenvalue weighted by Crippen LogP contribution is 2.21. The van der Waals surface area contributed by atoms with Gasteiger partial charge in [-0.1, -0.05) is 17.7 Å². The Morgan fingerprint density at radius 3 is 2.00 bits per heavy atom. The summed E-state index contributed by atoms with van der Waals surface area (Å²) in [4.78, 5) is 37.9. The Kier molecular flexibility index (Phi) is 5.93. The molecule has 1 saturated heterocycles. The van der Waals surface area contributed by atoms with Crippen LogP contribution in [0.4, 0.5) is 21.9 Å². The lowest BCUT2D eigenvalue weighted by atomic mass is 10.2. The molecule has 146 valence electrons. The minimum atomic E-state index is -0.513. The van der Waals surface area contributed by atoms with E-state index in [2.05, 4.69) is 16.0 Å². The van der Waals surface area contributed by atoms with E-state index in [1.165, 1.54) is 6.92 Å². The average Bonchev–Trinajstić information content (AvgIpc) is 3.15. The molecule has 1 heterocycles. The zero-order chi connectivity index (χ0) is 20.1. The number of amides is 4. The van der Waals surface area contributed by atoms with Crippen molar-refractivity contribution in [3.05, 3.63) is 54.1 Å². The van der Waals surface area contributed by atoms with Crippen LogP contribution < -0.4 is 16.0 Å². The number of likely N-dealkylation sites (tertiary alicyclic amines) is 1. The van der Waals surface area contributed by atoms with Gasteiger partial charge in [-0.3, -0.25) is 9.59 Å². The van der Waals surface area contributed by atoms with Gasteiger partial charge >= 0.3 is 6.03 Å². The maximum atomic E-state index is 12.7. The number of carbonyl (C=O) groups excluding carboxylic acids is 3. The fourth-order valence-corrected chi connectivity index (χ4v) is 3.18. The lowest BCUT2D eigenvalue weighted by Crippen LogP contribution is -2.45. The third kappa shape index (κ3) is 4.88. The van der Waals surface area contributed by atoms with Gasteiger partial charge in [0.2, 0.25) is 11.8 Å². The van der Waals surface area contributed by atoms with Crippen LogP contribution >= 0.6 is 0 Å². The standard InChI is InChI=1S/C21H24N4O3/c1-14-5-7-18(8-6-14)24-21(28)25-13-3-4-19(25)20(27)23-17-11-9-16(10-12-17)22-15(2)26/h5-12,19H,3-4,13H2,1-2H3,(H,22,26)(H,23,27)(H,24,28)/t19-/m0/s1. The summed E-state index contributed by atoms with van der Waals surface area (Å²) in [6.45, 7) is 3.96. The van der Waals surface area contributed by atoms with E-state index >= 15 is 0 Å². The van der Waals surface area contributed by atoms with Gasteiger partial charge in [-0.2, -0.15) is 0 Å². The molecule has 0 aromatic heterocycles. The molecular weight excluding hydrogens is 356 g/mol. The van der Waals surface area contributed by atoms with Crippen molar-refractivity contribution in [1.82, 2.24) is 4.90 Å². The number of nitrogens with one attached hydrogen (secondary N) is 3. The van der Waals surface area contributed by atoms with E-state index in [0.717, 1.165) is 12.0 Å². The summed E-state index contributed by atoms with van der Waals surface area (Å²) in [5, 5.41) is 8.38. The van der Waals surface area contributed by atoms with Gasteiger partial charge in [-0.05, 0) is 56.2 Å². The van der Waals surface area contributed by atoms with Crippen LogP contribution in [-0.4, -0.2) is 35.3 Å². The molecule has 0 aliphatic carbocycles. The van der Waals surface area contributed by atoms with Crippen molar-refractivity contribution in [3.63, 3.8) is 0 Å². The van der Waals surface area contributed by atoms with Crippen LogP contribution in [0.15, 0.2) is 48.5 Å². The van der Waals surface area contributed by atoms with Crippen LogP contribution in [0.1, 0.15) is 25.3 Å². The number of nitrogens with zero attached hydrogens (tertiary/aromatic N) is 1. The first-order chi connectivity index (χ1) is 13.4. The maximum absolute atomic E-state index is 12.7. The molecule has 0 saturated carbocycles. The minimum Gasteiger partial charge on any atom is -0.326 e. The second kappa shape index (κ2) is 8.56. The van der Waals surface area contributed by atoms with Crippen LogP contribution in [0.2, 0.25) is 0 Å². The molecule has 0 radical (unpaired) electrons. The Hall–Kier alpha value is -3.35. The van der Waals surface area contributed by atoms with Gasteiger partial charge in [0.25, 0.3) is 0 Å². The van der Waals surface area contributed by atoms with E-state index in [-0.39, 0.29) is 17.8 Å². The summed E-state index contributed by atoms with van der Waals surface area (Å²) >= 11 is 0. The number of aryl methyl sites for hydroxylation is 1. The van der Waals surface area contributed by atoms with Gasteiger partial charge in [0.05, 0.1) is 0 Å². The van der Waals surface area contributed by atoms with Crippen LogP contribution in [0.5, 0.6) is 0 Å². The Morgan fingerprint density at radius 1 is 0.857 bits per heavy atom. The Balaban J connectivity index is 1.61. The number of hydrogen-bond acceptors (Lipinski definition) is 3. The number of hydrogen-bond donors (Lipinski definition) is 3. The third-order valence-corrected chi connectivity index (χ3v) is 4.59. The molecule has 28 heavy (non-hydrogen) atoms. The molecule has 1 aliphatic rings. The van der Waals surface area contributed by atoms with Crippen molar-refractivity contribution >= 4 is 34.9 Å². The lowest BCUT2D eigenvalue weighted by Gasteiger charge is -2.24. The SMILES string of the molecule is CC(=O)Nc1ccc(NC(=O)[C@@H]2CCCN2C(=O)Nc2ccc(C)cc2)cc1. The van der Waals surface area contributed by atoms with Crippen molar-refractivity contribution in [2.75, 3.05) is 22.5 Å². The first kappa shape index (κ1) is 19.4. The third-order valence-electron chi connectivity index (χ3n) is 4.59. The highest BCUT2D eigenvalue weighted by molar-refractivity contribution is 5.99. The summed E-state index contributed by atoms with van der Waals surface area (Å²) in [7, 11) is 0. The normalized spacial score (nSPS) is 15.8. The first-order valence-corrected chi connectivity index (χ1v) is 9.25. The van der Waals surface area contributed by atoms with E-state index in [9.17, 15) is 14.4 Å². The van der Waals surface area contributed by atoms with Gasteiger partial charge in [-0.25, -0.2) is 4.79 Å². The van der Waals surface area contributed by atoms with Gasteiger partial charge in [0.1, 0.15) is 6.04 Å². The molecule has 1 fully saturated rings. The number of urea groups is 1. The molecule has 0 unspecified atom stereocenters. The van der Waals surface area contributed by atoms with Crippen LogP contribution in [-0.2, 0) is 9.59 Å². The van der Waals surface area contributed by atoms with Crippen molar-refractivity contribution in [1.29, 1.82) is 0 Å². The van der Waals surface area contributed by atoms with E-state index in [1.807, 2.05) is 31.2 Å². The number of rotatable bonds is 4. The molecule has 4 amide bonds. The quantitative estimate of drug-likeness (QED) is 0.757. The van der Waals surface area contributed by atoms with Gasteiger partial charge in [-0.15, -0.1) is 0 Å². The molecule has 3 N–H and O–H groups in total. The monoisotopic (exact) mass is 380 g/mol. The Labute approximate surface area is 164 Å². The van der Waals surface area contributed by atoms with Crippen molar-refractivity contribution in [2.45, 2.75) is 32.7 Å². The maximum Gasteiger partial charge on any atom is 0.322 e. The summed E-state index contributed by atoms with van der Waals surface area (Å²) in [6, 6.07) is 13.6. The topological polar surface area (TPSA) is 90.5 Å². The largest absolute Gasteiger partial charge is 0.326 e. The molecule has 2 aromatic rings. The number of anilines is 3. The van der Waals surface area contributed by atoms with E-state index in [4.69, 9.17) is 0 Å². The van der Waals surface area contributed by atoms with Crippen LogP contribution in [0, 0.1) is 6.92 Å². The van der Waals surface area contributed by atoms with Crippen molar-refractivity contribution in [3.8, 4) is 0 Å². The van der Waals surface area contributed by atoms with E-state index < -0.39 is 6.04 Å². The molecule has 0 bridgehead atoms. The minimum absolute atomic E-state index is 0.155. The van der Waals surface area contributed by atoms with Gasteiger partial charge < -0.3 is 20.9 Å². The zero-order valence-electron chi connectivity index (χ0n) is 16.0. The van der Waals surface area contributed by atoms with Crippen molar-refractivity contribution in [2.24, 2.45) is 0 Å². The zero-order valence-corrected chi connectivity index (χ0v) is 16.0. The molecule has 0 spiro atoms. The fourth-order valence-electron chi connectivity index (χ4n) is 3.18. The molecule has 7 heteroatoms. The van der Waals surface area contributed by atoms with Crippen LogP contribution in [0.3, 0.4) is 0 Å². The second-order valence-electron chi connectivity index (χ2n) is 6.90. The number of benzene rings is 2. The average molecular weight is 380 g/mol. The smallest absolute Gasteiger partial charge is 0.322 e. The molecule has 1 aliphatic heterocycles. The predicted octanol–water partition coefficient (Wildman–Crippen LogP) is 3.59. The summed E-state index contributed by atoms with van der Waals surface area (Å²) in [5.74, 6) is -0.373. The molecule has 7 nitrogen and oxygen atoms in total. The lowest BCUT2D eigenvalue weighted by molar-refractivity contribution is -0.119. The second-order valence-corrected chi connectivity index (χ2v) is 6.90. The molecule has 3 rings (SSSR count). The van der Waals surface area contributed by atoms with E-state index in [0.29, 0.717) is 30.0 Å². The first-order valence-electron chi connectivity index (χ1n) is 9.25. The van der Waals surface area contributed by atoms with E-state index in [1.54, 1.807) is 29.2 Å². The number of carbonyl (C=O) groups is 3. The Bertz CT molecular complexity index is 862. The predicted molar refractivity (Wildman–Crippen MR) is 109 cm³/mol.